The van der Waals surface area contributed by atoms with E-state index in [9.17, 15) is 8.42 Å². The minimum atomic E-state index is -3.59. The average molecular weight is 331 g/mol. The number of rotatable bonds is 2. The van der Waals surface area contributed by atoms with Crippen LogP contribution in [0.3, 0.4) is 0 Å². The van der Waals surface area contributed by atoms with Crippen LogP contribution >= 0.6 is 33.3 Å². The first-order valence-corrected chi connectivity index (χ1v) is 7.06. The average Bonchev–Trinajstić information content (AvgIpc) is 2.01. The normalized spacial score (nSPS) is 11.6. The topological polar surface area (TPSA) is 34.1 Å². The van der Waals surface area contributed by atoms with Crippen molar-refractivity contribution in [3.8, 4) is 0 Å². The summed E-state index contributed by atoms with van der Waals surface area (Å²) < 4.78 is 22.9. The van der Waals surface area contributed by atoms with Crippen LogP contribution in [0.5, 0.6) is 0 Å². The van der Waals surface area contributed by atoms with E-state index in [1.807, 2.05) is 13.0 Å². The second kappa shape index (κ2) is 4.14. The van der Waals surface area contributed by atoms with E-state index >= 15 is 0 Å². The molecule has 0 aliphatic rings. The lowest BCUT2D eigenvalue weighted by Crippen LogP contribution is -1.93. The first kappa shape index (κ1) is 11.3. The Balaban J connectivity index is 3.33. The van der Waals surface area contributed by atoms with Gasteiger partial charge in [-0.3, -0.25) is 0 Å². The van der Waals surface area contributed by atoms with Gasteiger partial charge in [-0.15, -0.1) is 0 Å². The summed E-state index contributed by atoms with van der Waals surface area (Å²) >= 11 is 2.07. The first-order chi connectivity index (χ1) is 5.93. The summed E-state index contributed by atoms with van der Waals surface area (Å²) in [6.45, 7) is 1.97. The molecule has 2 nitrogen and oxygen atoms in total. The number of aryl methyl sites for hydroxylation is 1. The Morgan fingerprint density at radius 3 is 2.46 bits per heavy atom. The predicted molar refractivity (Wildman–Crippen MR) is 61.6 cm³/mol. The number of hydrogen-bond acceptors (Lipinski definition) is 2. The van der Waals surface area contributed by atoms with E-state index in [0.717, 1.165) is 15.6 Å². The molecule has 1 rings (SSSR count). The number of halogens is 2. The Morgan fingerprint density at radius 1 is 1.38 bits per heavy atom. The smallest absolute Gasteiger partial charge is 0.207 e. The van der Waals surface area contributed by atoms with Gasteiger partial charge >= 0.3 is 0 Å². The summed E-state index contributed by atoms with van der Waals surface area (Å²) in [5, 5.41) is 0. The molecule has 0 unspecified atom stereocenters. The third-order valence-electron chi connectivity index (χ3n) is 1.62. The molecular weight excluding hydrogens is 323 g/mol. The monoisotopic (exact) mass is 330 g/mol. The molecule has 0 aliphatic carbocycles. The maximum Gasteiger partial charge on any atom is 0.261 e. The zero-order valence-corrected chi connectivity index (χ0v) is 10.6. The SMILES string of the molecule is CCc1cc(I)cc(S(=O)(=O)Cl)c1. The van der Waals surface area contributed by atoms with Crippen molar-refractivity contribution in [3.63, 3.8) is 0 Å². The molecule has 0 bridgehead atoms. The Bertz CT molecular complexity index is 414. The molecule has 0 atom stereocenters. The molecule has 0 N–H and O–H groups in total. The fourth-order valence-corrected chi connectivity index (χ4v) is 2.74. The second-order valence-electron chi connectivity index (χ2n) is 2.59. The van der Waals surface area contributed by atoms with Crippen LogP contribution in [0.2, 0.25) is 0 Å². The molecule has 0 saturated carbocycles. The third kappa shape index (κ3) is 3.11. The largest absolute Gasteiger partial charge is 0.261 e. The zero-order chi connectivity index (χ0) is 10.1. The van der Waals surface area contributed by atoms with Crippen LogP contribution in [0.25, 0.3) is 0 Å². The molecule has 0 spiro atoms. The van der Waals surface area contributed by atoms with E-state index in [4.69, 9.17) is 10.7 Å². The highest BCUT2D eigenvalue weighted by Crippen LogP contribution is 2.20. The molecule has 0 radical (unpaired) electrons. The molecule has 1 aromatic rings. The van der Waals surface area contributed by atoms with Gasteiger partial charge in [-0.1, -0.05) is 6.92 Å². The number of hydrogen-bond donors (Lipinski definition) is 0. The lowest BCUT2D eigenvalue weighted by molar-refractivity contribution is 0.609. The third-order valence-corrected chi connectivity index (χ3v) is 3.58. The molecule has 0 fully saturated rings. The summed E-state index contributed by atoms with van der Waals surface area (Å²) in [6, 6.07) is 5.10. The minimum absolute atomic E-state index is 0.179. The van der Waals surface area contributed by atoms with E-state index in [2.05, 4.69) is 22.6 Å². The highest BCUT2D eigenvalue weighted by atomic mass is 127. The van der Waals surface area contributed by atoms with Gasteiger partial charge in [0.25, 0.3) is 9.05 Å². The summed E-state index contributed by atoms with van der Waals surface area (Å²) in [5.74, 6) is 0. The fraction of sp³-hybridized carbons (Fsp3) is 0.250. The van der Waals surface area contributed by atoms with E-state index in [-0.39, 0.29) is 4.90 Å². The van der Waals surface area contributed by atoms with E-state index in [1.165, 1.54) is 0 Å². The van der Waals surface area contributed by atoms with Crippen LogP contribution in [0.15, 0.2) is 23.1 Å². The molecule has 0 heterocycles. The quantitative estimate of drug-likeness (QED) is 0.617. The lowest BCUT2D eigenvalue weighted by atomic mass is 10.2. The molecular formula is C8H8ClIO2S. The molecule has 5 heteroatoms. The van der Waals surface area contributed by atoms with E-state index in [0.29, 0.717) is 0 Å². The van der Waals surface area contributed by atoms with Gasteiger partial charge in [0.2, 0.25) is 0 Å². The van der Waals surface area contributed by atoms with Gasteiger partial charge in [0.15, 0.2) is 0 Å². The minimum Gasteiger partial charge on any atom is -0.207 e. The summed E-state index contributed by atoms with van der Waals surface area (Å²) in [5.41, 5.74) is 0.978. The van der Waals surface area contributed by atoms with Gasteiger partial charge in [-0.05, 0) is 52.8 Å². The van der Waals surface area contributed by atoms with Gasteiger partial charge in [0, 0.05) is 14.3 Å². The van der Waals surface area contributed by atoms with Crippen LogP contribution in [0, 0.1) is 3.57 Å². The van der Waals surface area contributed by atoms with Crippen molar-refractivity contribution in [3.05, 3.63) is 27.3 Å². The van der Waals surface area contributed by atoms with Crippen molar-refractivity contribution in [2.45, 2.75) is 18.2 Å². The Kier molecular flexibility index (Phi) is 3.59. The van der Waals surface area contributed by atoms with Crippen molar-refractivity contribution >= 4 is 42.3 Å². The van der Waals surface area contributed by atoms with Gasteiger partial charge in [0.1, 0.15) is 0 Å². The second-order valence-corrected chi connectivity index (χ2v) is 6.40. The fourth-order valence-electron chi connectivity index (χ4n) is 0.966. The molecule has 0 amide bonds. The van der Waals surface area contributed by atoms with Crippen LogP contribution in [-0.2, 0) is 15.5 Å². The van der Waals surface area contributed by atoms with Crippen LogP contribution < -0.4 is 0 Å². The van der Waals surface area contributed by atoms with Crippen LogP contribution in [-0.4, -0.2) is 8.42 Å². The van der Waals surface area contributed by atoms with Gasteiger partial charge in [0.05, 0.1) is 4.90 Å². The molecule has 1 aromatic carbocycles. The summed E-state index contributed by atoms with van der Waals surface area (Å²) in [4.78, 5) is 0.179. The van der Waals surface area contributed by atoms with Crippen molar-refractivity contribution in [2.24, 2.45) is 0 Å². The van der Waals surface area contributed by atoms with Crippen LogP contribution in [0.4, 0.5) is 0 Å². The predicted octanol–water partition coefficient (Wildman–Crippen LogP) is 2.78. The lowest BCUT2D eigenvalue weighted by Gasteiger charge is -2.01. The molecule has 72 valence electrons. The molecule has 0 aromatic heterocycles. The van der Waals surface area contributed by atoms with Crippen molar-refractivity contribution in [1.82, 2.24) is 0 Å². The van der Waals surface area contributed by atoms with Gasteiger partial charge in [-0.2, -0.15) is 0 Å². The van der Waals surface area contributed by atoms with Gasteiger partial charge in [-0.25, -0.2) is 8.42 Å². The Morgan fingerprint density at radius 2 is 2.00 bits per heavy atom. The Labute approximate surface area is 95.9 Å². The number of benzene rings is 1. The van der Waals surface area contributed by atoms with Crippen molar-refractivity contribution < 1.29 is 8.42 Å². The van der Waals surface area contributed by atoms with E-state index < -0.39 is 9.05 Å². The Hall–Kier alpha value is 0.190. The molecule has 0 aliphatic heterocycles. The standard InChI is InChI=1S/C8H8ClIO2S/c1-2-6-3-7(10)5-8(4-6)13(9,11)12/h3-5H,2H2,1H3. The summed E-state index contributed by atoms with van der Waals surface area (Å²) in [6.07, 6.45) is 0.802. The maximum atomic E-state index is 11.0. The summed E-state index contributed by atoms with van der Waals surface area (Å²) in [7, 11) is 1.64. The molecule has 0 saturated heterocycles. The zero-order valence-electron chi connectivity index (χ0n) is 6.92. The van der Waals surface area contributed by atoms with Crippen molar-refractivity contribution in [2.75, 3.05) is 0 Å². The highest BCUT2D eigenvalue weighted by molar-refractivity contribution is 14.1. The highest BCUT2D eigenvalue weighted by Gasteiger charge is 2.10. The van der Waals surface area contributed by atoms with Gasteiger partial charge < -0.3 is 0 Å². The van der Waals surface area contributed by atoms with Crippen LogP contribution in [0.1, 0.15) is 12.5 Å². The maximum absolute atomic E-state index is 11.0. The van der Waals surface area contributed by atoms with E-state index in [1.54, 1.807) is 12.1 Å². The van der Waals surface area contributed by atoms with Crippen molar-refractivity contribution in [1.29, 1.82) is 0 Å². The molecule has 13 heavy (non-hydrogen) atoms. The first-order valence-electron chi connectivity index (χ1n) is 3.67.